The summed E-state index contributed by atoms with van der Waals surface area (Å²) in [5.41, 5.74) is 1.08. The molecule has 1 atom stereocenters. The molecule has 1 aromatic rings. The van der Waals surface area contributed by atoms with E-state index in [1.165, 1.54) is 0 Å². The quantitative estimate of drug-likeness (QED) is 0.769. The van der Waals surface area contributed by atoms with Gasteiger partial charge in [0.25, 0.3) is 0 Å². The molecule has 1 rings (SSSR count). The molecular weight excluding hydrogens is 242 g/mol. The molecule has 0 heterocycles. The lowest BCUT2D eigenvalue weighted by Gasteiger charge is -2.17. The smallest absolute Gasteiger partial charge is 0.306 e. The first-order valence-electron chi connectivity index (χ1n) is 6.67. The zero-order valence-electron chi connectivity index (χ0n) is 11.5. The van der Waals surface area contributed by atoms with Crippen LogP contribution in [0.3, 0.4) is 0 Å². The summed E-state index contributed by atoms with van der Waals surface area (Å²) in [7, 11) is 0. The van der Waals surface area contributed by atoms with Crippen molar-refractivity contribution >= 4 is 11.9 Å². The van der Waals surface area contributed by atoms with Crippen LogP contribution < -0.4 is 5.32 Å². The number of benzene rings is 1. The van der Waals surface area contributed by atoms with Gasteiger partial charge in [-0.15, -0.1) is 0 Å². The number of carbonyl (C=O) groups is 2. The Kier molecular flexibility index (Phi) is 6.64. The SMILES string of the molecule is CCOC(=O)CCC(=O)NC(CC)c1ccccc1. The Hall–Kier alpha value is -1.84. The van der Waals surface area contributed by atoms with Crippen molar-refractivity contribution in [2.24, 2.45) is 0 Å². The third-order valence-electron chi connectivity index (χ3n) is 2.81. The Morgan fingerprint density at radius 3 is 2.42 bits per heavy atom. The second kappa shape index (κ2) is 8.29. The standard InChI is InChI=1S/C15H21NO3/c1-3-13(12-8-6-5-7-9-12)16-14(17)10-11-15(18)19-4-2/h5-9,13H,3-4,10-11H2,1-2H3,(H,16,17). The first kappa shape index (κ1) is 15.2. The van der Waals surface area contributed by atoms with E-state index >= 15 is 0 Å². The van der Waals surface area contributed by atoms with Crippen molar-refractivity contribution in [3.8, 4) is 0 Å². The molecule has 1 aromatic carbocycles. The van der Waals surface area contributed by atoms with Gasteiger partial charge in [-0.3, -0.25) is 9.59 Å². The largest absolute Gasteiger partial charge is 0.466 e. The van der Waals surface area contributed by atoms with Gasteiger partial charge in [-0.05, 0) is 18.9 Å². The van der Waals surface area contributed by atoms with E-state index in [0.29, 0.717) is 6.61 Å². The van der Waals surface area contributed by atoms with E-state index in [2.05, 4.69) is 5.32 Å². The second-order valence-electron chi connectivity index (χ2n) is 4.24. The minimum Gasteiger partial charge on any atom is -0.466 e. The van der Waals surface area contributed by atoms with Gasteiger partial charge >= 0.3 is 5.97 Å². The maximum atomic E-state index is 11.8. The Labute approximate surface area is 114 Å². The predicted molar refractivity (Wildman–Crippen MR) is 73.5 cm³/mol. The van der Waals surface area contributed by atoms with Crippen molar-refractivity contribution in [2.45, 2.75) is 39.2 Å². The maximum Gasteiger partial charge on any atom is 0.306 e. The molecule has 0 saturated carbocycles. The van der Waals surface area contributed by atoms with Crippen molar-refractivity contribution in [2.75, 3.05) is 6.61 Å². The molecule has 0 saturated heterocycles. The third-order valence-corrected chi connectivity index (χ3v) is 2.81. The summed E-state index contributed by atoms with van der Waals surface area (Å²) in [5, 5.41) is 2.93. The minimum absolute atomic E-state index is 0.00380. The molecular formula is C15H21NO3. The molecule has 0 bridgehead atoms. The molecule has 0 spiro atoms. The highest BCUT2D eigenvalue weighted by atomic mass is 16.5. The summed E-state index contributed by atoms with van der Waals surface area (Å²) in [6.45, 7) is 4.12. The van der Waals surface area contributed by atoms with Crippen LogP contribution in [0.15, 0.2) is 30.3 Å². The molecule has 1 unspecified atom stereocenters. The number of ether oxygens (including phenoxy) is 1. The molecule has 0 aliphatic rings. The van der Waals surface area contributed by atoms with Crippen LogP contribution in [0.2, 0.25) is 0 Å². The van der Waals surface area contributed by atoms with Crippen molar-refractivity contribution in [3.05, 3.63) is 35.9 Å². The van der Waals surface area contributed by atoms with Crippen LogP contribution in [0.25, 0.3) is 0 Å². The summed E-state index contributed by atoms with van der Waals surface area (Å²) in [6.07, 6.45) is 1.11. The predicted octanol–water partition coefficient (Wildman–Crippen LogP) is 2.60. The van der Waals surface area contributed by atoms with Gasteiger partial charge < -0.3 is 10.1 Å². The number of carbonyl (C=O) groups excluding carboxylic acids is 2. The number of esters is 1. The number of rotatable bonds is 7. The van der Waals surface area contributed by atoms with Gasteiger partial charge in [0.1, 0.15) is 0 Å². The van der Waals surface area contributed by atoms with E-state index in [0.717, 1.165) is 12.0 Å². The van der Waals surface area contributed by atoms with Gasteiger partial charge in [0.2, 0.25) is 5.91 Å². The Balaban J connectivity index is 2.44. The van der Waals surface area contributed by atoms with Gasteiger partial charge in [-0.1, -0.05) is 37.3 Å². The second-order valence-corrected chi connectivity index (χ2v) is 4.24. The molecule has 4 nitrogen and oxygen atoms in total. The zero-order chi connectivity index (χ0) is 14.1. The third kappa shape index (κ3) is 5.55. The number of hydrogen-bond donors (Lipinski definition) is 1. The lowest BCUT2D eigenvalue weighted by Crippen LogP contribution is -2.28. The van der Waals surface area contributed by atoms with E-state index < -0.39 is 0 Å². The van der Waals surface area contributed by atoms with E-state index in [9.17, 15) is 9.59 Å². The molecule has 4 heteroatoms. The molecule has 0 aliphatic carbocycles. The lowest BCUT2D eigenvalue weighted by molar-refractivity contribution is -0.144. The summed E-state index contributed by atoms with van der Waals surface area (Å²) >= 11 is 0. The van der Waals surface area contributed by atoms with Crippen LogP contribution >= 0.6 is 0 Å². The van der Waals surface area contributed by atoms with Crippen LogP contribution in [0.4, 0.5) is 0 Å². The molecule has 0 radical (unpaired) electrons. The fourth-order valence-corrected chi connectivity index (χ4v) is 1.82. The monoisotopic (exact) mass is 263 g/mol. The molecule has 104 valence electrons. The first-order valence-corrected chi connectivity index (χ1v) is 6.67. The van der Waals surface area contributed by atoms with Gasteiger partial charge in [0.15, 0.2) is 0 Å². The molecule has 0 fully saturated rings. The minimum atomic E-state index is -0.328. The zero-order valence-corrected chi connectivity index (χ0v) is 11.5. The normalized spacial score (nSPS) is 11.7. The highest BCUT2D eigenvalue weighted by molar-refractivity contribution is 5.81. The average Bonchev–Trinajstić information content (AvgIpc) is 2.44. The van der Waals surface area contributed by atoms with E-state index in [1.807, 2.05) is 37.3 Å². The fourth-order valence-electron chi connectivity index (χ4n) is 1.82. The summed E-state index contributed by atoms with van der Waals surface area (Å²) in [5.74, 6) is -0.450. The molecule has 0 aromatic heterocycles. The van der Waals surface area contributed by atoms with Crippen molar-refractivity contribution in [1.82, 2.24) is 5.32 Å². The van der Waals surface area contributed by atoms with E-state index in [4.69, 9.17) is 4.74 Å². The van der Waals surface area contributed by atoms with E-state index in [-0.39, 0.29) is 30.8 Å². The van der Waals surface area contributed by atoms with Crippen molar-refractivity contribution in [3.63, 3.8) is 0 Å². The van der Waals surface area contributed by atoms with Crippen molar-refractivity contribution in [1.29, 1.82) is 0 Å². The maximum absolute atomic E-state index is 11.8. The summed E-state index contributed by atoms with van der Waals surface area (Å²) < 4.78 is 4.79. The topological polar surface area (TPSA) is 55.4 Å². The molecule has 0 aliphatic heterocycles. The van der Waals surface area contributed by atoms with Crippen LogP contribution in [-0.2, 0) is 14.3 Å². The highest BCUT2D eigenvalue weighted by Gasteiger charge is 2.13. The van der Waals surface area contributed by atoms with Gasteiger partial charge in [0, 0.05) is 6.42 Å². The Morgan fingerprint density at radius 2 is 1.84 bits per heavy atom. The molecule has 1 amide bonds. The average molecular weight is 263 g/mol. The van der Waals surface area contributed by atoms with Gasteiger partial charge in [0.05, 0.1) is 19.1 Å². The summed E-state index contributed by atoms with van der Waals surface area (Å²) in [6, 6.07) is 9.81. The Bertz CT molecular complexity index is 403. The van der Waals surface area contributed by atoms with E-state index in [1.54, 1.807) is 6.92 Å². The van der Waals surface area contributed by atoms with Crippen molar-refractivity contribution < 1.29 is 14.3 Å². The Morgan fingerprint density at radius 1 is 1.16 bits per heavy atom. The number of amides is 1. The highest BCUT2D eigenvalue weighted by Crippen LogP contribution is 2.16. The first-order chi connectivity index (χ1) is 9.17. The van der Waals surface area contributed by atoms with Crippen LogP contribution in [0, 0.1) is 0 Å². The van der Waals surface area contributed by atoms with Crippen LogP contribution in [0.1, 0.15) is 44.7 Å². The van der Waals surface area contributed by atoms with Gasteiger partial charge in [-0.25, -0.2) is 0 Å². The summed E-state index contributed by atoms with van der Waals surface area (Å²) in [4.78, 5) is 22.9. The molecule has 1 N–H and O–H groups in total. The fraction of sp³-hybridized carbons (Fsp3) is 0.467. The molecule has 19 heavy (non-hydrogen) atoms. The lowest BCUT2D eigenvalue weighted by atomic mass is 10.0. The number of nitrogens with one attached hydrogen (secondary N) is 1. The van der Waals surface area contributed by atoms with Gasteiger partial charge in [-0.2, -0.15) is 0 Å². The van der Waals surface area contributed by atoms with Crippen LogP contribution in [0.5, 0.6) is 0 Å². The van der Waals surface area contributed by atoms with Crippen LogP contribution in [-0.4, -0.2) is 18.5 Å². The number of hydrogen-bond acceptors (Lipinski definition) is 3.